The SMILES string of the molecule is CC(C)Oc1cccc(CN(C)c2nc3sccn3c2[N+](=O)[O-])c1. The molecule has 24 heavy (non-hydrogen) atoms. The Morgan fingerprint density at radius 1 is 1.46 bits per heavy atom. The summed E-state index contributed by atoms with van der Waals surface area (Å²) in [5.74, 6) is 1.14. The van der Waals surface area contributed by atoms with Crippen molar-refractivity contribution < 1.29 is 9.66 Å². The van der Waals surface area contributed by atoms with Gasteiger partial charge in [0.1, 0.15) is 11.9 Å². The second-order valence-electron chi connectivity index (χ2n) is 5.74. The van der Waals surface area contributed by atoms with Crippen LogP contribution in [0.15, 0.2) is 35.8 Å². The number of hydrogen-bond acceptors (Lipinski definition) is 6. The molecule has 0 aliphatic heterocycles. The predicted octanol–water partition coefficient (Wildman–Crippen LogP) is 3.73. The molecule has 0 radical (unpaired) electrons. The zero-order valence-corrected chi connectivity index (χ0v) is 14.5. The lowest BCUT2D eigenvalue weighted by atomic mass is 10.2. The maximum atomic E-state index is 11.4. The van der Waals surface area contributed by atoms with Gasteiger partial charge in [0.15, 0.2) is 0 Å². The fourth-order valence-corrected chi connectivity index (χ4v) is 3.23. The Balaban J connectivity index is 1.87. The largest absolute Gasteiger partial charge is 0.491 e. The molecule has 8 heteroatoms. The van der Waals surface area contributed by atoms with Crippen molar-refractivity contribution in [2.45, 2.75) is 26.5 Å². The lowest BCUT2D eigenvalue weighted by molar-refractivity contribution is -0.389. The van der Waals surface area contributed by atoms with Crippen LogP contribution in [-0.4, -0.2) is 27.5 Å². The number of thiazole rings is 1. The predicted molar refractivity (Wildman–Crippen MR) is 94.0 cm³/mol. The first kappa shape index (κ1) is 16.3. The van der Waals surface area contributed by atoms with Gasteiger partial charge >= 0.3 is 5.82 Å². The van der Waals surface area contributed by atoms with Crippen LogP contribution < -0.4 is 9.64 Å². The molecule has 0 fully saturated rings. The number of nitrogens with zero attached hydrogens (tertiary/aromatic N) is 4. The number of ether oxygens (including phenoxy) is 1. The van der Waals surface area contributed by atoms with Crippen LogP contribution in [-0.2, 0) is 6.54 Å². The van der Waals surface area contributed by atoms with E-state index in [9.17, 15) is 10.1 Å². The molecule has 7 nitrogen and oxygen atoms in total. The summed E-state index contributed by atoms with van der Waals surface area (Å²) in [6, 6.07) is 7.73. The number of imidazole rings is 1. The smallest absolute Gasteiger partial charge is 0.373 e. The highest BCUT2D eigenvalue weighted by atomic mass is 32.1. The summed E-state index contributed by atoms with van der Waals surface area (Å²) >= 11 is 1.37. The molecular formula is C16H18N4O3S. The Kier molecular flexibility index (Phi) is 4.39. The summed E-state index contributed by atoms with van der Waals surface area (Å²) in [7, 11) is 1.80. The van der Waals surface area contributed by atoms with Crippen molar-refractivity contribution in [2.75, 3.05) is 11.9 Å². The quantitative estimate of drug-likeness (QED) is 0.502. The molecule has 0 saturated heterocycles. The van der Waals surface area contributed by atoms with Crippen molar-refractivity contribution in [3.05, 3.63) is 51.5 Å². The average molecular weight is 346 g/mol. The molecule has 2 aromatic heterocycles. The minimum atomic E-state index is -0.392. The summed E-state index contributed by atoms with van der Waals surface area (Å²) in [4.78, 5) is 17.8. The topological polar surface area (TPSA) is 72.9 Å². The van der Waals surface area contributed by atoms with Crippen molar-refractivity contribution in [1.29, 1.82) is 0 Å². The van der Waals surface area contributed by atoms with Crippen LogP contribution in [0.3, 0.4) is 0 Å². The second-order valence-corrected chi connectivity index (χ2v) is 6.61. The van der Waals surface area contributed by atoms with E-state index in [0.29, 0.717) is 17.3 Å². The molecule has 0 atom stereocenters. The Bertz CT molecular complexity index is 871. The lowest BCUT2D eigenvalue weighted by Crippen LogP contribution is -2.18. The summed E-state index contributed by atoms with van der Waals surface area (Å²) in [5.41, 5.74) is 1.00. The third-order valence-corrected chi connectivity index (χ3v) is 4.20. The monoisotopic (exact) mass is 346 g/mol. The molecule has 0 N–H and O–H groups in total. The Hall–Kier alpha value is -2.61. The molecule has 1 aromatic carbocycles. The number of rotatable bonds is 6. The molecule has 0 spiro atoms. The van der Waals surface area contributed by atoms with Crippen molar-refractivity contribution in [3.8, 4) is 5.75 Å². The standard InChI is InChI=1S/C16H18N4O3S/c1-11(2)23-13-6-4-5-12(9-13)10-18(3)14-15(20(21)22)19-7-8-24-16(19)17-14/h4-9,11H,10H2,1-3H3. The highest BCUT2D eigenvalue weighted by Crippen LogP contribution is 2.31. The van der Waals surface area contributed by atoms with Gasteiger partial charge in [-0.15, -0.1) is 0 Å². The van der Waals surface area contributed by atoms with Crippen LogP contribution in [0.25, 0.3) is 4.96 Å². The van der Waals surface area contributed by atoms with E-state index in [4.69, 9.17) is 4.74 Å². The molecule has 0 aliphatic rings. The van der Waals surface area contributed by atoms with Crippen molar-refractivity contribution in [1.82, 2.24) is 9.38 Å². The van der Waals surface area contributed by atoms with E-state index in [-0.39, 0.29) is 11.9 Å². The van der Waals surface area contributed by atoms with Crippen LogP contribution in [0.1, 0.15) is 19.4 Å². The Labute approximate surface area is 143 Å². The first-order valence-corrected chi connectivity index (χ1v) is 8.40. The van der Waals surface area contributed by atoms with Crippen LogP contribution in [0.2, 0.25) is 0 Å². The van der Waals surface area contributed by atoms with E-state index in [1.54, 1.807) is 23.5 Å². The molecule has 2 heterocycles. The van der Waals surface area contributed by atoms with Gasteiger partial charge in [-0.3, -0.25) is 0 Å². The maximum Gasteiger partial charge on any atom is 0.373 e. The number of hydrogen-bond donors (Lipinski definition) is 0. The number of fused-ring (bicyclic) bond motifs is 1. The molecule has 0 saturated carbocycles. The van der Waals surface area contributed by atoms with E-state index in [1.807, 2.05) is 38.1 Å². The Morgan fingerprint density at radius 3 is 2.96 bits per heavy atom. The highest BCUT2D eigenvalue weighted by molar-refractivity contribution is 7.15. The minimum absolute atomic E-state index is 0.0108. The molecule has 0 amide bonds. The summed E-state index contributed by atoms with van der Waals surface area (Å²) < 4.78 is 7.20. The molecule has 0 unspecified atom stereocenters. The zero-order valence-electron chi connectivity index (χ0n) is 13.7. The third kappa shape index (κ3) is 3.18. The van der Waals surface area contributed by atoms with Crippen LogP contribution in [0.4, 0.5) is 11.6 Å². The van der Waals surface area contributed by atoms with Gasteiger partial charge < -0.3 is 19.8 Å². The summed E-state index contributed by atoms with van der Waals surface area (Å²) in [6.45, 7) is 4.45. The van der Waals surface area contributed by atoms with E-state index >= 15 is 0 Å². The number of anilines is 1. The van der Waals surface area contributed by atoms with Gasteiger partial charge in [0.2, 0.25) is 5.82 Å². The van der Waals surface area contributed by atoms with Crippen molar-refractivity contribution in [2.24, 2.45) is 0 Å². The zero-order chi connectivity index (χ0) is 17.3. The van der Waals surface area contributed by atoms with Gasteiger partial charge in [-0.2, -0.15) is 9.38 Å². The molecule has 3 rings (SSSR count). The normalized spacial score (nSPS) is 11.2. The van der Waals surface area contributed by atoms with E-state index in [0.717, 1.165) is 11.3 Å². The van der Waals surface area contributed by atoms with E-state index < -0.39 is 4.92 Å². The molecule has 0 bridgehead atoms. The van der Waals surface area contributed by atoms with Crippen molar-refractivity contribution in [3.63, 3.8) is 0 Å². The van der Waals surface area contributed by atoms with Crippen LogP contribution in [0, 0.1) is 10.1 Å². The number of benzene rings is 1. The van der Waals surface area contributed by atoms with Gasteiger partial charge in [-0.25, -0.2) is 0 Å². The van der Waals surface area contributed by atoms with Gasteiger partial charge in [0, 0.05) is 19.0 Å². The van der Waals surface area contributed by atoms with E-state index in [1.165, 1.54) is 15.7 Å². The maximum absolute atomic E-state index is 11.4. The van der Waals surface area contributed by atoms with Gasteiger partial charge in [-0.1, -0.05) is 23.5 Å². The molecule has 126 valence electrons. The third-order valence-electron chi connectivity index (χ3n) is 3.44. The fraction of sp³-hybridized carbons (Fsp3) is 0.312. The summed E-state index contributed by atoms with van der Waals surface area (Å²) in [6.07, 6.45) is 1.76. The fourth-order valence-electron chi connectivity index (χ4n) is 2.53. The van der Waals surface area contributed by atoms with Gasteiger partial charge in [0.05, 0.1) is 6.10 Å². The first-order valence-electron chi connectivity index (χ1n) is 7.52. The minimum Gasteiger partial charge on any atom is -0.491 e. The second kappa shape index (κ2) is 6.48. The molecular weight excluding hydrogens is 328 g/mol. The van der Waals surface area contributed by atoms with Crippen molar-refractivity contribution >= 4 is 27.9 Å². The highest BCUT2D eigenvalue weighted by Gasteiger charge is 2.26. The molecule has 0 aliphatic carbocycles. The van der Waals surface area contributed by atoms with Gasteiger partial charge in [-0.05, 0) is 36.5 Å². The average Bonchev–Trinajstić information content (AvgIpc) is 3.06. The summed E-state index contributed by atoms with van der Waals surface area (Å²) in [5, 5.41) is 13.2. The number of aromatic nitrogens is 2. The van der Waals surface area contributed by atoms with Crippen LogP contribution >= 0.6 is 11.3 Å². The first-order chi connectivity index (χ1) is 11.5. The number of nitro groups is 1. The van der Waals surface area contributed by atoms with E-state index in [2.05, 4.69) is 4.98 Å². The van der Waals surface area contributed by atoms with Gasteiger partial charge in [0.25, 0.3) is 4.96 Å². The van der Waals surface area contributed by atoms with Crippen LogP contribution in [0.5, 0.6) is 5.75 Å². The Morgan fingerprint density at radius 2 is 2.25 bits per heavy atom. The molecule has 3 aromatic rings. The lowest BCUT2D eigenvalue weighted by Gasteiger charge is -2.17.